The van der Waals surface area contributed by atoms with Gasteiger partial charge in [0.25, 0.3) is 0 Å². The van der Waals surface area contributed by atoms with E-state index in [0.717, 1.165) is 12.5 Å². The van der Waals surface area contributed by atoms with Crippen LogP contribution in [0.2, 0.25) is 0 Å². The molecular weight excluding hydrogens is 414 g/mol. The van der Waals surface area contributed by atoms with Gasteiger partial charge in [-0.05, 0) is 23.9 Å². The van der Waals surface area contributed by atoms with E-state index in [1.54, 1.807) is 0 Å². The van der Waals surface area contributed by atoms with Crippen molar-refractivity contribution in [1.82, 2.24) is 0 Å². The highest BCUT2D eigenvalue weighted by molar-refractivity contribution is 5.95. The number of carbonyl (C=O) groups excluding carboxylic acids is 1. The van der Waals surface area contributed by atoms with Gasteiger partial charge in [0.1, 0.15) is 24.4 Å². The Labute approximate surface area is 178 Å². The fourth-order valence-electron chi connectivity index (χ4n) is 3.31. The molecule has 5 N–H and O–H groups in total. The van der Waals surface area contributed by atoms with Crippen LogP contribution in [0.25, 0.3) is 10.4 Å². The van der Waals surface area contributed by atoms with Crippen molar-refractivity contribution < 1.29 is 44.5 Å². The van der Waals surface area contributed by atoms with Gasteiger partial charge >= 0.3 is 5.97 Å². The zero-order valence-electron chi connectivity index (χ0n) is 17.4. The Kier molecular flexibility index (Phi) is 8.31. The molecule has 3 rings (SSSR count). The largest absolute Gasteiger partial charge is 0.504 e. The van der Waals surface area contributed by atoms with Gasteiger partial charge in [0, 0.05) is 17.0 Å². The van der Waals surface area contributed by atoms with Gasteiger partial charge in [0.2, 0.25) is 5.75 Å². The van der Waals surface area contributed by atoms with Crippen molar-refractivity contribution in [2.75, 3.05) is 20.3 Å². The van der Waals surface area contributed by atoms with Crippen molar-refractivity contribution in [3.63, 3.8) is 0 Å². The van der Waals surface area contributed by atoms with Gasteiger partial charge in [0.15, 0.2) is 17.6 Å². The summed E-state index contributed by atoms with van der Waals surface area (Å²) in [4.78, 5) is 14.7. The molecular formula is C19H27N3O9. The number of carbonyl (C=O) groups is 1. The van der Waals surface area contributed by atoms with Gasteiger partial charge in [-0.15, -0.1) is 0 Å². The Morgan fingerprint density at radius 1 is 1.29 bits per heavy atom. The number of nitrogens with zero attached hydrogens (tertiary/aromatic N) is 3. The average molecular weight is 441 g/mol. The van der Waals surface area contributed by atoms with Crippen molar-refractivity contribution in [3.05, 3.63) is 27.6 Å². The minimum absolute atomic E-state index is 0.0368. The molecule has 1 aromatic rings. The summed E-state index contributed by atoms with van der Waals surface area (Å²) in [6.07, 6.45) is -5.51. The number of benzene rings is 1. The van der Waals surface area contributed by atoms with Crippen LogP contribution in [0.3, 0.4) is 0 Å². The first-order chi connectivity index (χ1) is 14.7. The van der Waals surface area contributed by atoms with Crippen molar-refractivity contribution in [2.45, 2.75) is 50.8 Å². The molecule has 1 aromatic carbocycles. The second-order valence-electron chi connectivity index (χ2n) is 7.50. The van der Waals surface area contributed by atoms with Gasteiger partial charge in [0.05, 0.1) is 19.3 Å². The van der Waals surface area contributed by atoms with Crippen LogP contribution in [0, 0.1) is 5.92 Å². The number of hydrogen-bond donors (Lipinski definition) is 5. The van der Waals surface area contributed by atoms with E-state index in [4.69, 9.17) is 19.7 Å². The van der Waals surface area contributed by atoms with Crippen LogP contribution >= 0.6 is 0 Å². The van der Waals surface area contributed by atoms with Gasteiger partial charge in [-0.2, -0.15) is 0 Å². The summed E-state index contributed by atoms with van der Waals surface area (Å²) < 4.78 is 15.4. The molecule has 0 bridgehead atoms. The molecule has 0 radical (unpaired) electrons. The molecule has 31 heavy (non-hydrogen) atoms. The van der Waals surface area contributed by atoms with Crippen molar-refractivity contribution in [2.24, 2.45) is 11.0 Å². The third kappa shape index (κ3) is 5.12. The lowest BCUT2D eigenvalue weighted by Crippen LogP contribution is -2.58. The smallest absolute Gasteiger partial charge is 0.339 e. The molecule has 12 nitrogen and oxygen atoms in total. The second-order valence-corrected chi connectivity index (χ2v) is 7.50. The number of phenols is 2. The lowest BCUT2D eigenvalue weighted by Gasteiger charge is -2.44. The number of rotatable bonds is 5. The molecule has 0 saturated carbocycles. The predicted octanol–water partition coefficient (Wildman–Crippen LogP) is 1.14. The Balaban J connectivity index is 0.000000366. The number of phenolic OH excluding ortho intramolecular Hbond substituents is 2. The summed E-state index contributed by atoms with van der Waals surface area (Å²) in [6.45, 7) is 4.26. The highest BCUT2D eigenvalue weighted by Crippen LogP contribution is 2.49. The highest BCUT2D eigenvalue weighted by atomic mass is 16.6. The lowest BCUT2D eigenvalue weighted by atomic mass is 9.86. The normalized spacial score (nSPS) is 26.5. The number of fused-ring (bicyclic) bond motifs is 3. The summed E-state index contributed by atoms with van der Waals surface area (Å²) in [5.74, 6) is -1.52. The van der Waals surface area contributed by atoms with Gasteiger partial charge in [-0.1, -0.05) is 19.0 Å². The topological polar surface area (TPSA) is 195 Å². The molecule has 0 unspecified atom stereocenters. The van der Waals surface area contributed by atoms with E-state index in [0.29, 0.717) is 12.5 Å². The number of methoxy groups -OCH3 is 1. The molecule has 2 aliphatic heterocycles. The van der Waals surface area contributed by atoms with Crippen molar-refractivity contribution in [1.29, 1.82) is 0 Å². The first-order valence-corrected chi connectivity index (χ1v) is 9.64. The average Bonchev–Trinajstić information content (AvgIpc) is 2.72. The van der Waals surface area contributed by atoms with Crippen LogP contribution in [-0.2, 0) is 9.47 Å². The molecule has 12 heteroatoms. The molecule has 1 saturated heterocycles. The Bertz CT molecular complexity index is 841. The molecule has 1 fully saturated rings. The van der Waals surface area contributed by atoms with Gasteiger partial charge in [-0.25, -0.2) is 4.79 Å². The number of ether oxygens (including phenoxy) is 3. The first-order valence-electron chi connectivity index (χ1n) is 9.64. The van der Waals surface area contributed by atoms with E-state index in [9.17, 15) is 30.3 Å². The van der Waals surface area contributed by atoms with Crippen molar-refractivity contribution >= 4 is 5.97 Å². The molecule has 0 amide bonds. The number of aliphatic hydroxyl groups is 3. The van der Waals surface area contributed by atoms with Crippen LogP contribution in [0.1, 0.15) is 42.3 Å². The lowest BCUT2D eigenvalue weighted by molar-refractivity contribution is -0.235. The molecule has 172 valence electrons. The summed E-state index contributed by atoms with van der Waals surface area (Å²) >= 11 is 0. The summed E-state index contributed by atoms with van der Waals surface area (Å²) in [5.41, 5.74) is 7.65. The third-order valence-electron chi connectivity index (χ3n) is 4.96. The van der Waals surface area contributed by atoms with E-state index in [-0.39, 0.29) is 16.9 Å². The number of hydrogen-bond acceptors (Lipinski definition) is 10. The highest BCUT2D eigenvalue weighted by Gasteiger charge is 2.52. The maximum absolute atomic E-state index is 12.1. The number of esters is 1. The van der Waals surface area contributed by atoms with E-state index < -0.39 is 54.6 Å². The third-order valence-corrected chi connectivity index (χ3v) is 4.96. The second kappa shape index (κ2) is 10.5. The number of aliphatic hydroxyl groups excluding tert-OH is 3. The number of azide groups is 1. The van der Waals surface area contributed by atoms with Crippen LogP contribution in [0.5, 0.6) is 17.2 Å². The summed E-state index contributed by atoms with van der Waals surface area (Å²) in [5, 5.41) is 52.7. The fourth-order valence-corrected chi connectivity index (χ4v) is 3.31. The molecule has 5 atom stereocenters. The van der Waals surface area contributed by atoms with Crippen LogP contribution in [0.15, 0.2) is 11.2 Å². The van der Waals surface area contributed by atoms with E-state index in [1.807, 2.05) is 0 Å². The standard InChI is InChI=1S/C14H16O9.C5H11N3/c1-21-11-5(16)2-4-7(9(11)18)12-13(23-14(4)20)10(19)8(17)6(3-15)22-12;1-5(2)3-4-7-8-6/h2,6,8,10,12-13,15-19H,3H2,1H3;5H,3-4H2,1-2H3/t6-,8-,10+,12+,13-;/m1./s1. The fraction of sp³-hybridized carbons (Fsp3) is 0.632. The van der Waals surface area contributed by atoms with E-state index in [1.165, 1.54) is 7.11 Å². The predicted molar refractivity (Wildman–Crippen MR) is 106 cm³/mol. The van der Waals surface area contributed by atoms with Gasteiger partial charge in [-0.3, -0.25) is 0 Å². The maximum Gasteiger partial charge on any atom is 0.339 e. The van der Waals surface area contributed by atoms with E-state index in [2.05, 4.69) is 23.9 Å². The first kappa shape index (κ1) is 24.5. The zero-order chi connectivity index (χ0) is 23.3. The molecule has 0 aromatic heterocycles. The molecule has 2 heterocycles. The Hall–Kier alpha value is -2.76. The van der Waals surface area contributed by atoms with Crippen LogP contribution < -0.4 is 4.74 Å². The monoisotopic (exact) mass is 441 g/mol. The van der Waals surface area contributed by atoms with Gasteiger partial charge < -0.3 is 39.7 Å². The Morgan fingerprint density at radius 3 is 2.52 bits per heavy atom. The molecule has 0 aliphatic carbocycles. The minimum Gasteiger partial charge on any atom is -0.504 e. The summed E-state index contributed by atoms with van der Waals surface area (Å²) in [6, 6.07) is 1.06. The van der Waals surface area contributed by atoms with Crippen LogP contribution in [-0.4, -0.2) is 76.2 Å². The SMILES string of the molecule is CC(C)CCN=[N+]=[N-].COc1c(O)cc2c(c1O)[C@@H]1O[C@H](CO)[C@@H](O)[C@H](O)[C@H]1OC2=O. The summed E-state index contributed by atoms with van der Waals surface area (Å²) in [7, 11) is 1.22. The van der Waals surface area contributed by atoms with Crippen molar-refractivity contribution in [3.8, 4) is 17.2 Å². The minimum atomic E-state index is -1.51. The van der Waals surface area contributed by atoms with E-state index >= 15 is 0 Å². The molecule has 0 spiro atoms. The molecule has 2 aliphatic rings. The number of aromatic hydroxyl groups is 2. The maximum atomic E-state index is 12.1. The Morgan fingerprint density at radius 2 is 1.97 bits per heavy atom. The quantitative estimate of drug-likeness (QED) is 0.193. The van der Waals surface area contributed by atoms with Crippen LogP contribution in [0.4, 0.5) is 0 Å². The zero-order valence-corrected chi connectivity index (χ0v) is 17.4.